The second kappa shape index (κ2) is 10.8. The fourth-order valence-electron chi connectivity index (χ4n) is 5.81. The molecule has 1 saturated heterocycles. The zero-order valence-corrected chi connectivity index (χ0v) is 24.5. The van der Waals surface area contributed by atoms with E-state index in [-0.39, 0.29) is 23.3 Å². The fraction of sp³-hybridized carbons (Fsp3) is 0.290. The van der Waals surface area contributed by atoms with Gasteiger partial charge in [0.2, 0.25) is 16.0 Å². The number of imidazole rings is 1. The van der Waals surface area contributed by atoms with Crippen LogP contribution in [0, 0.1) is 5.82 Å². The Labute approximate surface area is 243 Å². The first kappa shape index (κ1) is 27.8. The Kier molecular flexibility index (Phi) is 7.14. The number of carbonyl (C=O) groups excluding carboxylic acids is 1. The quantitative estimate of drug-likeness (QED) is 0.255. The molecule has 0 aliphatic carbocycles. The van der Waals surface area contributed by atoms with E-state index >= 15 is 0 Å². The van der Waals surface area contributed by atoms with Gasteiger partial charge in [-0.1, -0.05) is 12.1 Å². The van der Waals surface area contributed by atoms with Crippen LogP contribution in [0.1, 0.15) is 41.6 Å². The number of halogens is 1. The largest absolute Gasteiger partial charge is 0.455 e. The van der Waals surface area contributed by atoms with Crippen LogP contribution in [0.4, 0.5) is 16.0 Å². The van der Waals surface area contributed by atoms with Crippen molar-refractivity contribution in [2.45, 2.75) is 25.7 Å². The Hall–Kier alpha value is -4.38. The molecule has 6 rings (SSSR count). The van der Waals surface area contributed by atoms with Crippen molar-refractivity contribution >= 4 is 49.6 Å². The van der Waals surface area contributed by atoms with Gasteiger partial charge >= 0.3 is 0 Å². The molecule has 1 aliphatic rings. The van der Waals surface area contributed by atoms with Gasteiger partial charge in [-0.3, -0.25) is 9.52 Å². The maximum Gasteiger partial charge on any atom is 0.255 e. The number of fused-ring (bicyclic) bond motifs is 2. The molecule has 11 heteroatoms. The number of para-hydroxylation sites is 2. The third-order valence-corrected chi connectivity index (χ3v) is 9.26. The van der Waals surface area contributed by atoms with E-state index < -0.39 is 15.8 Å². The van der Waals surface area contributed by atoms with E-state index in [1.165, 1.54) is 19.2 Å². The Morgan fingerprint density at radius 3 is 2.62 bits per heavy atom. The Balaban J connectivity index is 1.49. The first-order chi connectivity index (χ1) is 20.2. The van der Waals surface area contributed by atoms with Crippen molar-refractivity contribution in [3.8, 4) is 11.3 Å². The number of nitrogens with zero attached hydrogens (tertiary/aromatic N) is 3. The van der Waals surface area contributed by atoms with E-state index in [1.54, 1.807) is 25.1 Å². The topological polar surface area (TPSA) is 109 Å². The van der Waals surface area contributed by atoms with Crippen molar-refractivity contribution in [3.05, 3.63) is 77.6 Å². The molecular formula is C31H32FN5O4S. The number of piperidine rings is 1. The van der Waals surface area contributed by atoms with Crippen LogP contribution in [0.15, 0.2) is 65.1 Å². The molecule has 0 spiro atoms. The number of rotatable bonds is 7. The van der Waals surface area contributed by atoms with Crippen molar-refractivity contribution in [2.75, 3.05) is 35.5 Å². The molecule has 2 aromatic heterocycles. The van der Waals surface area contributed by atoms with E-state index in [0.717, 1.165) is 41.9 Å². The number of amides is 1. The van der Waals surface area contributed by atoms with Gasteiger partial charge in [-0.15, -0.1) is 0 Å². The first-order valence-corrected chi connectivity index (χ1v) is 15.6. The number of aryl methyl sites for hydroxylation is 1. The van der Waals surface area contributed by atoms with Gasteiger partial charge in [0.15, 0.2) is 0 Å². The highest BCUT2D eigenvalue weighted by molar-refractivity contribution is 7.92. The van der Waals surface area contributed by atoms with E-state index in [0.29, 0.717) is 34.3 Å². The standard InChI is InChI=1S/C31H32FN5O4S/c1-4-42(39,40)35-25-17-27-23(28(30(38)33-2)29(41-27)19-11-13-21(32)14-12-19)16-22(25)20-8-7-15-37(18-20)31-34-24-9-5-6-10-26(24)36(31)3/h5-6,9-14,16-17,20,35H,4,7-8,15,18H2,1-3H3,(H,33,38). The number of aromatic nitrogens is 2. The SMILES string of the molecule is CCS(=O)(=O)Nc1cc2oc(-c3ccc(F)cc3)c(C(=O)NC)c2cc1C1CCCN(c2nc3ccccc3n2C)C1. The molecule has 1 unspecified atom stereocenters. The molecule has 0 bridgehead atoms. The van der Waals surface area contributed by atoms with Crippen LogP contribution in [0.2, 0.25) is 0 Å². The van der Waals surface area contributed by atoms with Gasteiger partial charge in [0.25, 0.3) is 5.91 Å². The van der Waals surface area contributed by atoms with Crippen molar-refractivity contribution in [2.24, 2.45) is 7.05 Å². The molecular weight excluding hydrogens is 557 g/mol. The predicted octanol–water partition coefficient (Wildman–Crippen LogP) is 5.63. The summed E-state index contributed by atoms with van der Waals surface area (Å²) in [7, 11) is -0.0790. The zero-order valence-electron chi connectivity index (χ0n) is 23.6. The molecule has 5 aromatic rings. The minimum absolute atomic E-state index is 0.0563. The third kappa shape index (κ3) is 4.98. The van der Waals surface area contributed by atoms with Gasteiger partial charge in [-0.05, 0) is 67.8 Å². The number of furan rings is 1. The van der Waals surface area contributed by atoms with Crippen LogP contribution >= 0.6 is 0 Å². The molecule has 42 heavy (non-hydrogen) atoms. The molecule has 3 aromatic carbocycles. The second-order valence-corrected chi connectivity index (χ2v) is 12.6. The average molecular weight is 590 g/mol. The van der Waals surface area contributed by atoms with Gasteiger partial charge in [0.1, 0.15) is 17.2 Å². The van der Waals surface area contributed by atoms with Crippen molar-refractivity contribution < 1.29 is 22.0 Å². The van der Waals surface area contributed by atoms with Gasteiger partial charge in [0, 0.05) is 50.1 Å². The Morgan fingerprint density at radius 2 is 1.90 bits per heavy atom. The fourth-order valence-corrected chi connectivity index (χ4v) is 6.46. The Bertz CT molecular complexity index is 1910. The lowest BCUT2D eigenvalue weighted by molar-refractivity contribution is 0.0964. The van der Waals surface area contributed by atoms with Crippen LogP contribution in [0.3, 0.4) is 0 Å². The molecule has 0 saturated carbocycles. The van der Waals surface area contributed by atoms with Gasteiger partial charge in [0.05, 0.1) is 28.0 Å². The number of hydrogen-bond donors (Lipinski definition) is 2. The van der Waals surface area contributed by atoms with E-state index in [1.807, 2.05) is 37.4 Å². The molecule has 0 radical (unpaired) electrons. The maximum atomic E-state index is 13.7. The summed E-state index contributed by atoms with van der Waals surface area (Å²) in [6.07, 6.45) is 1.70. The number of sulfonamides is 1. The summed E-state index contributed by atoms with van der Waals surface area (Å²) in [6.45, 7) is 3.01. The zero-order chi connectivity index (χ0) is 29.6. The molecule has 2 N–H and O–H groups in total. The van der Waals surface area contributed by atoms with Gasteiger partial charge in [-0.25, -0.2) is 17.8 Å². The summed E-state index contributed by atoms with van der Waals surface area (Å²) in [5.41, 5.74) is 4.35. The number of nitrogens with one attached hydrogen (secondary N) is 2. The molecule has 1 aliphatic heterocycles. The van der Waals surface area contributed by atoms with Crippen LogP contribution in [0.5, 0.6) is 0 Å². The number of anilines is 2. The van der Waals surface area contributed by atoms with E-state index in [4.69, 9.17) is 9.40 Å². The third-order valence-electron chi connectivity index (χ3n) is 7.97. The maximum absolute atomic E-state index is 13.7. The summed E-state index contributed by atoms with van der Waals surface area (Å²) in [6, 6.07) is 17.2. The highest BCUT2D eigenvalue weighted by Gasteiger charge is 2.30. The summed E-state index contributed by atoms with van der Waals surface area (Å²) < 4.78 is 50.3. The lowest BCUT2D eigenvalue weighted by atomic mass is 9.88. The highest BCUT2D eigenvalue weighted by atomic mass is 32.2. The molecule has 1 amide bonds. The minimum Gasteiger partial charge on any atom is -0.455 e. The number of hydrogen-bond acceptors (Lipinski definition) is 6. The van der Waals surface area contributed by atoms with Gasteiger partial charge < -0.3 is 19.2 Å². The summed E-state index contributed by atoms with van der Waals surface area (Å²) in [4.78, 5) is 20.3. The van der Waals surface area contributed by atoms with Crippen molar-refractivity contribution in [1.29, 1.82) is 0 Å². The second-order valence-electron chi connectivity index (χ2n) is 10.6. The van der Waals surface area contributed by atoms with Crippen LogP contribution < -0.4 is 14.9 Å². The molecule has 1 fully saturated rings. The van der Waals surface area contributed by atoms with E-state index in [9.17, 15) is 17.6 Å². The summed E-state index contributed by atoms with van der Waals surface area (Å²) in [5.74, 6) is 0.229. The lowest BCUT2D eigenvalue weighted by Crippen LogP contribution is -2.36. The smallest absolute Gasteiger partial charge is 0.255 e. The molecule has 3 heterocycles. The van der Waals surface area contributed by atoms with Crippen LogP contribution in [-0.4, -0.2) is 49.8 Å². The first-order valence-electron chi connectivity index (χ1n) is 13.9. The van der Waals surface area contributed by atoms with Crippen LogP contribution in [-0.2, 0) is 17.1 Å². The monoisotopic (exact) mass is 589 g/mol. The molecule has 218 valence electrons. The van der Waals surface area contributed by atoms with Gasteiger partial charge in [-0.2, -0.15) is 0 Å². The highest BCUT2D eigenvalue weighted by Crippen LogP contribution is 2.41. The molecule has 9 nitrogen and oxygen atoms in total. The van der Waals surface area contributed by atoms with Crippen molar-refractivity contribution in [1.82, 2.24) is 14.9 Å². The van der Waals surface area contributed by atoms with Crippen LogP contribution in [0.25, 0.3) is 33.3 Å². The number of benzene rings is 3. The predicted molar refractivity (Wildman–Crippen MR) is 163 cm³/mol. The average Bonchev–Trinajstić information content (AvgIpc) is 3.54. The van der Waals surface area contributed by atoms with Crippen molar-refractivity contribution in [3.63, 3.8) is 0 Å². The normalized spacial score (nSPS) is 15.8. The van der Waals surface area contributed by atoms with E-state index in [2.05, 4.69) is 19.5 Å². The summed E-state index contributed by atoms with van der Waals surface area (Å²) >= 11 is 0. The minimum atomic E-state index is -3.62. The molecule has 1 atom stereocenters. The summed E-state index contributed by atoms with van der Waals surface area (Å²) in [5, 5.41) is 3.24. The number of carbonyl (C=O) groups is 1. The lowest BCUT2D eigenvalue weighted by Gasteiger charge is -2.34. The Morgan fingerprint density at radius 1 is 1.14 bits per heavy atom.